The number of nitrogens with one attached hydrogen (secondary N) is 2. The van der Waals surface area contributed by atoms with E-state index < -0.39 is 0 Å². The summed E-state index contributed by atoms with van der Waals surface area (Å²) < 4.78 is 2.14. The molecule has 7 nitrogen and oxygen atoms in total. The quantitative estimate of drug-likeness (QED) is 0.327. The highest BCUT2D eigenvalue weighted by atomic mass is 16.1. The fourth-order valence-corrected chi connectivity index (χ4v) is 4.60. The summed E-state index contributed by atoms with van der Waals surface area (Å²) >= 11 is 0. The largest absolute Gasteiger partial charge is 0.367 e. The Morgan fingerprint density at radius 3 is 2.50 bits per heavy atom. The summed E-state index contributed by atoms with van der Waals surface area (Å²) in [5.41, 5.74) is 5.82. The van der Waals surface area contributed by atoms with Gasteiger partial charge >= 0.3 is 0 Å². The average Bonchev–Trinajstić information content (AvgIpc) is 3.55. The van der Waals surface area contributed by atoms with Crippen LogP contribution in [0.1, 0.15) is 42.7 Å². The third-order valence-corrected chi connectivity index (χ3v) is 6.71. The molecule has 180 valence electrons. The summed E-state index contributed by atoms with van der Waals surface area (Å²) in [6.45, 7) is 5.15. The molecule has 1 saturated carbocycles. The predicted octanol–water partition coefficient (Wildman–Crippen LogP) is 5.43. The molecule has 0 radical (unpaired) electrons. The normalized spacial score (nSPS) is 14.3. The van der Waals surface area contributed by atoms with Gasteiger partial charge in [-0.05, 0) is 55.2 Å². The number of hydrogen-bond donors (Lipinski definition) is 2. The van der Waals surface area contributed by atoms with Crippen molar-refractivity contribution in [2.45, 2.75) is 32.2 Å². The van der Waals surface area contributed by atoms with Crippen molar-refractivity contribution in [1.29, 1.82) is 0 Å². The van der Waals surface area contributed by atoms with Crippen LogP contribution in [0.3, 0.4) is 0 Å². The average molecular weight is 477 g/mol. The van der Waals surface area contributed by atoms with Crippen molar-refractivity contribution in [1.82, 2.24) is 24.7 Å². The molecule has 0 aliphatic heterocycles. The Hall–Kier alpha value is -4.26. The number of hydrogen-bond acceptors (Lipinski definition) is 5. The van der Waals surface area contributed by atoms with Crippen molar-refractivity contribution in [2.75, 3.05) is 11.9 Å². The lowest BCUT2D eigenvalue weighted by Gasteiger charge is -2.17. The number of benzene rings is 2. The summed E-state index contributed by atoms with van der Waals surface area (Å²) in [4.78, 5) is 27.1. The van der Waals surface area contributed by atoms with Gasteiger partial charge in [0, 0.05) is 23.9 Å². The molecule has 1 aliphatic carbocycles. The maximum absolute atomic E-state index is 13.1. The van der Waals surface area contributed by atoms with E-state index in [-0.39, 0.29) is 11.4 Å². The Morgan fingerprint density at radius 1 is 1.00 bits per heavy atom. The van der Waals surface area contributed by atoms with Gasteiger partial charge < -0.3 is 10.6 Å². The number of amides is 1. The van der Waals surface area contributed by atoms with E-state index in [0.717, 1.165) is 58.8 Å². The number of pyridine rings is 1. The zero-order valence-corrected chi connectivity index (χ0v) is 20.4. The number of nitrogens with zero attached hydrogens (tertiary/aromatic N) is 4. The Kier molecular flexibility index (Phi) is 5.40. The van der Waals surface area contributed by atoms with Crippen molar-refractivity contribution < 1.29 is 4.79 Å². The van der Waals surface area contributed by atoms with Gasteiger partial charge in [-0.3, -0.25) is 14.2 Å². The Morgan fingerprint density at radius 2 is 1.78 bits per heavy atom. The lowest BCUT2D eigenvalue weighted by atomic mass is 10.1. The van der Waals surface area contributed by atoms with Gasteiger partial charge in [-0.25, -0.2) is 9.97 Å². The first-order valence-electron chi connectivity index (χ1n) is 12.4. The summed E-state index contributed by atoms with van der Waals surface area (Å²) in [7, 11) is 0. The van der Waals surface area contributed by atoms with Crippen LogP contribution in [0.25, 0.3) is 27.9 Å². The molecule has 1 amide bonds. The monoisotopic (exact) mass is 476 g/mol. The molecule has 0 spiro atoms. The van der Waals surface area contributed by atoms with Gasteiger partial charge in [-0.15, -0.1) is 0 Å². The van der Waals surface area contributed by atoms with Crippen LogP contribution in [0.2, 0.25) is 0 Å². The molecule has 0 atom stereocenters. The molecule has 7 heteroatoms. The zero-order chi connectivity index (χ0) is 24.7. The van der Waals surface area contributed by atoms with Crippen LogP contribution in [0.5, 0.6) is 0 Å². The second kappa shape index (κ2) is 8.75. The number of rotatable bonds is 7. The second-order valence-corrected chi connectivity index (χ2v) is 9.85. The topological polar surface area (TPSA) is 84.2 Å². The van der Waals surface area contributed by atoms with Crippen LogP contribution >= 0.6 is 0 Å². The van der Waals surface area contributed by atoms with E-state index in [2.05, 4.69) is 39.9 Å². The van der Waals surface area contributed by atoms with Gasteiger partial charge in [-0.2, -0.15) is 0 Å². The minimum absolute atomic E-state index is 0.0855. The van der Waals surface area contributed by atoms with Gasteiger partial charge in [0.25, 0.3) is 5.91 Å². The van der Waals surface area contributed by atoms with Gasteiger partial charge in [0.2, 0.25) is 0 Å². The first-order valence-corrected chi connectivity index (χ1v) is 12.4. The minimum atomic E-state index is -0.343. The molecule has 3 heterocycles. The number of para-hydroxylation sites is 2. The van der Waals surface area contributed by atoms with E-state index in [1.54, 1.807) is 6.20 Å². The lowest BCUT2D eigenvalue weighted by Crippen LogP contribution is -2.35. The Balaban J connectivity index is 1.33. The van der Waals surface area contributed by atoms with Crippen molar-refractivity contribution in [3.8, 4) is 11.3 Å². The molecule has 6 rings (SSSR count). The molecular formula is C29H28N6O. The van der Waals surface area contributed by atoms with Gasteiger partial charge in [0.05, 0.1) is 34.2 Å². The summed E-state index contributed by atoms with van der Waals surface area (Å²) in [5.74, 6) is 1.17. The number of anilines is 1. The number of carbonyl (C=O) groups excluding carboxylic acids is 1. The molecule has 0 saturated heterocycles. The van der Waals surface area contributed by atoms with Crippen LogP contribution in [0.4, 0.5) is 5.82 Å². The van der Waals surface area contributed by atoms with Crippen molar-refractivity contribution in [2.24, 2.45) is 5.92 Å². The molecular weight excluding hydrogens is 448 g/mol. The first-order chi connectivity index (χ1) is 17.5. The third kappa shape index (κ3) is 3.96. The van der Waals surface area contributed by atoms with E-state index in [9.17, 15) is 4.79 Å². The molecule has 1 fully saturated rings. The van der Waals surface area contributed by atoms with Gasteiger partial charge in [0.1, 0.15) is 0 Å². The number of fused-ring (bicyclic) bond motifs is 3. The smallest absolute Gasteiger partial charge is 0.252 e. The number of aromatic nitrogens is 4. The van der Waals surface area contributed by atoms with Crippen molar-refractivity contribution >= 4 is 28.4 Å². The molecule has 5 aromatic rings. The van der Waals surface area contributed by atoms with Crippen molar-refractivity contribution in [3.05, 3.63) is 90.4 Å². The maximum atomic E-state index is 13.1. The van der Waals surface area contributed by atoms with Gasteiger partial charge in [-0.1, -0.05) is 44.2 Å². The highest BCUT2D eigenvalue weighted by molar-refractivity contribution is 5.95. The lowest BCUT2D eigenvalue weighted by molar-refractivity contribution is 0.0930. The molecule has 1 aliphatic rings. The molecule has 36 heavy (non-hydrogen) atoms. The van der Waals surface area contributed by atoms with Crippen LogP contribution in [-0.2, 0) is 5.54 Å². The first kappa shape index (κ1) is 22.2. The number of imidazole rings is 1. The molecule has 0 bridgehead atoms. The van der Waals surface area contributed by atoms with Gasteiger partial charge in [0.15, 0.2) is 11.5 Å². The summed E-state index contributed by atoms with van der Waals surface area (Å²) in [5, 5.41) is 6.66. The molecule has 2 aromatic carbocycles. The molecule has 0 unspecified atom stereocenters. The predicted molar refractivity (Wildman–Crippen MR) is 142 cm³/mol. The summed E-state index contributed by atoms with van der Waals surface area (Å²) in [6.07, 6.45) is 5.46. The Bertz CT molecular complexity index is 1550. The van der Waals surface area contributed by atoms with E-state index in [4.69, 9.17) is 9.97 Å². The second-order valence-electron chi connectivity index (χ2n) is 9.85. The van der Waals surface area contributed by atoms with Crippen LogP contribution in [-0.4, -0.2) is 31.8 Å². The highest BCUT2D eigenvalue weighted by Gasteiger charge is 2.47. The maximum Gasteiger partial charge on any atom is 0.252 e. The fraction of sp³-hybridized carbons (Fsp3) is 0.241. The molecule has 3 aromatic heterocycles. The Labute approximate surface area is 209 Å². The standard InChI is InChI=1S/C29H28N6O/c1-19(2)17-31-26-27-32-18-24(35(27)23-8-4-3-7-22(23)33-26)20-10-12-21(13-11-20)28(36)34-29(14-15-29)25-9-5-6-16-30-25/h3-13,16,18-19H,14-15,17H2,1-2H3,(H,31,33)(H,34,36). The molecule has 2 N–H and O–H groups in total. The highest BCUT2D eigenvalue weighted by Crippen LogP contribution is 2.44. The SMILES string of the molecule is CC(C)CNc1nc2ccccc2n2c(-c3ccc(C(=O)NC4(c5ccccn5)CC4)cc3)cnc12. The van der Waals surface area contributed by atoms with Crippen molar-refractivity contribution in [3.63, 3.8) is 0 Å². The van der Waals surface area contributed by atoms with E-state index >= 15 is 0 Å². The van der Waals surface area contributed by atoms with E-state index in [1.807, 2.05) is 66.9 Å². The van der Waals surface area contributed by atoms with Crippen LogP contribution in [0.15, 0.2) is 79.1 Å². The number of carbonyl (C=O) groups is 1. The fourth-order valence-electron chi connectivity index (χ4n) is 4.60. The van der Waals surface area contributed by atoms with E-state index in [1.165, 1.54) is 0 Å². The zero-order valence-electron chi connectivity index (χ0n) is 20.4. The van der Waals surface area contributed by atoms with Crippen LogP contribution in [0, 0.1) is 5.92 Å². The third-order valence-electron chi connectivity index (χ3n) is 6.71. The van der Waals surface area contributed by atoms with Crippen LogP contribution < -0.4 is 10.6 Å². The minimum Gasteiger partial charge on any atom is -0.367 e. The summed E-state index contributed by atoms with van der Waals surface area (Å²) in [6, 6.07) is 21.6. The van der Waals surface area contributed by atoms with E-state index in [0.29, 0.717) is 11.5 Å².